The van der Waals surface area contributed by atoms with Crippen LogP contribution < -0.4 is 5.73 Å². The molecular formula is C12H22N2O. The monoisotopic (exact) mass is 210 g/mol. The fourth-order valence-electron chi connectivity index (χ4n) is 2.65. The van der Waals surface area contributed by atoms with Gasteiger partial charge in [0.2, 0.25) is 5.91 Å². The molecule has 1 heterocycles. The van der Waals surface area contributed by atoms with Crippen LogP contribution in [0, 0.1) is 11.3 Å². The number of rotatable bonds is 3. The summed E-state index contributed by atoms with van der Waals surface area (Å²) >= 11 is 0. The standard InChI is InChI=1S/C12H22N2O/c1-2-12(5-6-12)11(15)14-7-3-4-10(8-13)9-14/h10H,2-9,13H2,1H3. The Kier molecular flexibility index (Phi) is 3.01. The Morgan fingerprint density at radius 3 is 2.80 bits per heavy atom. The predicted molar refractivity (Wildman–Crippen MR) is 60.3 cm³/mol. The Bertz CT molecular complexity index is 248. The SMILES string of the molecule is CCC1(C(=O)N2CCCC(CN)C2)CC1. The number of likely N-dealkylation sites (tertiary alicyclic amines) is 1. The minimum absolute atomic E-state index is 0.0382. The highest BCUT2D eigenvalue weighted by molar-refractivity contribution is 5.85. The maximum atomic E-state index is 12.3. The second-order valence-electron chi connectivity index (χ2n) is 5.13. The van der Waals surface area contributed by atoms with Gasteiger partial charge < -0.3 is 10.6 Å². The molecule has 0 bridgehead atoms. The van der Waals surface area contributed by atoms with Crippen LogP contribution in [0.1, 0.15) is 39.0 Å². The van der Waals surface area contributed by atoms with Crippen molar-refractivity contribution in [3.8, 4) is 0 Å². The minimum atomic E-state index is 0.0382. The second-order valence-corrected chi connectivity index (χ2v) is 5.13. The van der Waals surface area contributed by atoms with Crippen molar-refractivity contribution in [2.75, 3.05) is 19.6 Å². The maximum absolute atomic E-state index is 12.3. The van der Waals surface area contributed by atoms with Gasteiger partial charge in [0, 0.05) is 18.5 Å². The number of nitrogens with zero attached hydrogens (tertiary/aromatic N) is 1. The number of piperidine rings is 1. The normalized spacial score (nSPS) is 28.9. The third-order valence-electron chi connectivity index (χ3n) is 4.12. The first-order chi connectivity index (χ1) is 7.22. The molecule has 2 fully saturated rings. The van der Waals surface area contributed by atoms with E-state index in [2.05, 4.69) is 11.8 Å². The summed E-state index contributed by atoms with van der Waals surface area (Å²) in [6.07, 6.45) is 5.54. The van der Waals surface area contributed by atoms with Crippen LogP contribution in [0.4, 0.5) is 0 Å². The van der Waals surface area contributed by atoms with E-state index in [1.165, 1.54) is 6.42 Å². The molecule has 1 saturated heterocycles. The molecule has 86 valence electrons. The molecule has 1 aliphatic carbocycles. The van der Waals surface area contributed by atoms with Crippen LogP contribution in [0.25, 0.3) is 0 Å². The van der Waals surface area contributed by atoms with Crippen LogP contribution in [0.3, 0.4) is 0 Å². The van der Waals surface area contributed by atoms with Gasteiger partial charge in [-0.3, -0.25) is 4.79 Å². The van der Waals surface area contributed by atoms with E-state index in [1.54, 1.807) is 0 Å². The van der Waals surface area contributed by atoms with Crippen molar-refractivity contribution < 1.29 is 4.79 Å². The summed E-state index contributed by atoms with van der Waals surface area (Å²) in [5.74, 6) is 0.943. The molecule has 1 unspecified atom stereocenters. The Hall–Kier alpha value is -0.570. The molecule has 0 aromatic carbocycles. The summed E-state index contributed by atoms with van der Waals surface area (Å²) < 4.78 is 0. The first kappa shape index (κ1) is 10.9. The zero-order valence-corrected chi connectivity index (χ0v) is 9.67. The van der Waals surface area contributed by atoms with Gasteiger partial charge in [-0.1, -0.05) is 6.92 Å². The highest BCUT2D eigenvalue weighted by Gasteiger charge is 2.50. The molecule has 1 aliphatic heterocycles. The highest BCUT2D eigenvalue weighted by Crippen LogP contribution is 2.50. The highest BCUT2D eigenvalue weighted by atomic mass is 16.2. The Morgan fingerprint density at radius 2 is 2.27 bits per heavy atom. The Balaban J connectivity index is 1.95. The summed E-state index contributed by atoms with van der Waals surface area (Å²) in [6, 6.07) is 0. The Labute approximate surface area is 92.0 Å². The molecule has 3 heteroatoms. The number of hydrogen-bond donors (Lipinski definition) is 1. The van der Waals surface area contributed by atoms with E-state index >= 15 is 0 Å². The third-order valence-corrected chi connectivity index (χ3v) is 4.12. The van der Waals surface area contributed by atoms with Gasteiger partial charge in [-0.15, -0.1) is 0 Å². The van der Waals surface area contributed by atoms with Crippen molar-refractivity contribution in [1.82, 2.24) is 4.90 Å². The summed E-state index contributed by atoms with van der Waals surface area (Å²) in [7, 11) is 0. The van der Waals surface area contributed by atoms with Crippen LogP contribution in [0.5, 0.6) is 0 Å². The summed E-state index contributed by atoms with van der Waals surface area (Å²) in [6.45, 7) is 4.71. The first-order valence-corrected chi connectivity index (χ1v) is 6.21. The van der Waals surface area contributed by atoms with E-state index in [4.69, 9.17) is 5.73 Å². The number of hydrogen-bond acceptors (Lipinski definition) is 2. The van der Waals surface area contributed by atoms with Gasteiger partial charge in [0.25, 0.3) is 0 Å². The molecular weight excluding hydrogens is 188 g/mol. The molecule has 2 N–H and O–H groups in total. The van der Waals surface area contributed by atoms with Crippen molar-refractivity contribution in [1.29, 1.82) is 0 Å². The van der Waals surface area contributed by atoms with Crippen LogP contribution in [-0.2, 0) is 4.79 Å². The summed E-state index contributed by atoms with van der Waals surface area (Å²) in [5.41, 5.74) is 5.72. The molecule has 0 aromatic heterocycles. The molecule has 0 spiro atoms. The van der Waals surface area contributed by atoms with Gasteiger partial charge in [-0.25, -0.2) is 0 Å². The molecule has 2 aliphatic rings. The molecule has 1 atom stereocenters. The molecule has 0 radical (unpaired) electrons. The average Bonchev–Trinajstić information content (AvgIpc) is 3.09. The summed E-state index contributed by atoms with van der Waals surface area (Å²) in [5, 5.41) is 0. The molecule has 1 saturated carbocycles. The van der Waals surface area contributed by atoms with Gasteiger partial charge in [-0.05, 0) is 44.6 Å². The van der Waals surface area contributed by atoms with Crippen molar-refractivity contribution in [3.63, 3.8) is 0 Å². The van der Waals surface area contributed by atoms with Crippen LogP contribution in [-0.4, -0.2) is 30.4 Å². The van der Waals surface area contributed by atoms with Crippen molar-refractivity contribution in [2.45, 2.75) is 39.0 Å². The first-order valence-electron chi connectivity index (χ1n) is 6.21. The van der Waals surface area contributed by atoms with Gasteiger partial charge in [0.1, 0.15) is 0 Å². The number of carbonyl (C=O) groups is 1. The second kappa shape index (κ2) is 4.12. The fraction of sp³-hybridized carbons (Fsp3) is 0.917. The van der Waals surface area contributed by atoms with E-state index in [9.17, 15) is 4.79 Å². The quantitative estimate of drug-likeness (QED) is 0.765. The zero-order chi connectivity index (χ0) is 10.9. The van der Waals surface area contributed by atoms with Crippen molar-refractivity contribution >= 4 is 5.91 Å². The van der Waals surface area contributed by atoms with E-state index in [-0.39, 0.29) is 5.41 Å². The Morgan fingerprint density at radius 1 is 1.53 bits per heavy atom. The van der Waals surface area contributed by atoms with Gasteiger partial charge in [0.05, 0.1) is 0 Å². The van der Waals surface area contributed by atoms with Gasteiger partial charge in [0.15, 0.2) is 0 Å². The lowest BCUT2D eigenvalue weighted by Gasteiger charge is -2.34. The number of carbonyl (C=O) groups excluding carboxylic acids is 1. The topological polar surface area (TPSA) is 46.3 Å². The zero-order valence-electron chi connectivity index (χ0n) is 9.67. The molecule has 1 amide bonds. The predicted octanol–water partition coefficient (Wildman–Crippen LogP) is 1.37. The third kappa shape index (κ3) is 2.03. The largest absolute Gasteiger partial charge is 0.342 e. The van der Waals surface area contributed by atoms with E-state index < -0.39 is 0 Å². The fourth-order valence-corrected chi connectivity index (χ4v) is 2.65. The summed E-state index contributed by atoms with van der Waals surface area (Å²) in [4.78, 5) is 14.3. The lowest BCUT2D eigenvalue weighted by atomic mass is 9.95. The van der Waals surface area contributed by atoms with Crippen molar-refractivity contribution in [2.24, 2.45) is 17.1 Å². The van der Waals surface area contributed by atoms with Gasteiger partial charge >= 0.3 is 0 Å². The van der Waals surface area contributed by atoms with Crippen LogP contribution in [0.2, 0.25) is 0 Å². The lowest BCUT2D eigenvalue weighted by molar-refractivity contribution is -0.138. The van der Waals surface area contributed by atoms with E-state index in [1.807, 2.05) is 0 Å². The van der Waals surface area contributed by atoms with Crippen LogP contribution >= 0.6 is 0 Å². The maximum Gasteiger partial charge on any atom is 0.228 e. The molecule has 2 rings (SSSR count). The van der Waals surface area contributed by atoms with E-state index in [0.717, 1.165) is 45.3 Å². The average molecular weight is 210 g/mol. The van der Waals surface area contributed by atoms with E-state index in [0.29, 0.717) is 11.8 Å². The smallest absolute Gasteiger partial charge is 0.228 e. The number of nitrogens with two attached hydrogens (primary N) is 1. The van der Waals surface area contributed by atoms with Crippen LogP contribution in [0.15, 0.2) is 0 Å². The minimum Gasteiger partial charge on any atom is -0.342 e. The number of amides is 1. The van der Waals surface area contributed by atoms with Crippen molar-refractivity contribution in [3.05, 3.63) is 0 Å². The molecule has 0 aromatic rings. The van der Waals surface area contributed by atoms with Gasteiger partial charge in [-0.2, -0.15) is 0 Å². The molecule has 15 heavy (non-hydrogen) atoms. The lowest BCUT2D eigenvalue weighted by Crippen LogP contribution is -2.45. The molecule has 3 nitrogen and oxygen atoms in total.